The summed E-state index contributed by atoms with van der Waals surface area (Å²) in [6.45, 7) is 1.73. The third-order valence-corrected chi connectivity index (χ3v) is 2.34. The molecule has 0 N–H and O–H groups in total. The van der Waals surface area contributed by atoms with E-state index in [9.17, 15) is 4.79 Å². The van der Waals surface area contributed by atoms with Crippen LogP contribution in [0.2, 0.25) is 0 Å². The van der Waals surface area contributed by atoms with Crippen LogP contribution in [-0.4, -0.2) is 38.1 Å². The maximum Gasteiger partial charge on any atom is 0.120 e. The number of benzene rings is 1. The van der Waals surface area contributed by atoms with Crippen LogP contribution < -0.4 is 4.74 Å². The highest BCUT2D eigenvalue weighted by Gasteiger charge is 1.97. The van der Waals surface area contributed by atoms with Crippen molar-refractivity contribution in [2.45, 2.75) is 12.8 Å². The summed E-state index contributed by atoms with van der Waals surface area (Å²) in [7, 11) is 4.10. The van der Waals surface area contributed by atoms with E-state index >= 15 is 0 Å². The molecule has 17 heavy (non-hydrogen) atoms. The lowest BCUT2D eigenvalue weighted by Crippen LogP contribution is -2.15. The zero-order valence-corrected chi connectivity index (χ0v) is 10.5. The molecule has 0 atom stereocenters. The molecule has 0 bridgehead atoms. The van der Waals surface area contributed by atoms with Gasteiger partial charge in [-0.05, 0) is 38.2 Å². The molecule has 92 valence electrons. The van der Waals surface area contributed by atoms with Crippen LogP contribution in [0, 0.1) is 0 Å². The molecule has 1 aromatic carbocycles. The average Bonchev–Trinajstić information content (AvgIpc) is 2.32. The fourth-order valence-corrected chi connectivity index (χ4v) is 1.49. The molecule has 3 nitrogen and oxygen atoms in total. The van der Waals surface area contributed by atoms with E-state index in [1.165, 1.54) is 6.08 Å². The second-order valence-corrected chi connectivity index (χ2v) is 4.18. The fraction of sp³-hybridized carbons (Fsp3) is 0.429. The molecule has 0 aliphatic heterocycles. The molecule has 0 saturated heterocycles. The minimum absolute atomic E-state index is 0.610. The topological polar surface area (TPSA) is 29.5 Å². The lowest BCUT2D eigenvalue weighted by Gasteiger charge is -2.10. The summed E-state index contributed by atoms with van der Waals surface area (Å²) in [5, 5.41) is 0. The van der Waals surface area contributed by atoms with Crippen LogP contribution in [0.15, 0.2) is 30.3 Å². The summed E-state index contributed by atoms with van der Waals surface area (Å²) in [6, 6.07) is 7.81. The zero-order valence-electron chi connectivity index (χ0n) is 10.5. The van der Waals surface area contributed by atoms with E-state index in [4.69, 9.17) is 4.74 Å². The van der Waals surface area contributed by atoms with Crippen molar-refractivity contribution in [1.82, 2.24) is 4.90 Å². The number of carbonyl (C=O) groups excluding carboxylic acids is 1. The van der Waals surface area contributed by atoms with Gasteiger partial charge in [0.15, 0.2) is 0 Å². The van der Waals surface area contributed by atoms with Crippen molar-refractivity contribution in [3.05, 3.63) is 35.9 Å². The van der Waals surface area contributed by atoms with Gasteiger partial charge in [-0.1, -0.05) is 12.1 Å². The van der Waals surface area contributed by atoms with Gasteiger partial charge >= 0.3 is 0 Å². The van der Waals surface area contributed by atoms with E-state index in [1.54, 1.807) is 5.94 Å². The quantitative estimate of drug-likeness (QED) is 0.532. The Morgan fingerprint density at radius 1 is 1.41 bits per heavy atom. The summed E-state index contributed by atoms with van der Waals surface area (Å²) >= 11 is 0. The number of hydrogen-bond acceptors (Lipinski definition) is 3. The van der Waals surface area contributed by atoms with Crippen molar-refractivity contribution in [3.63, 3.8) is 0 Å². The Balaban J connectivity index is 2.40. The van der Waals surface area contributed by atoms with Gasteiger partial charge in [0.1, 0.15) is 11.7 Å². The number of allylic oxidation sites excluding steroid dienone is 1. The molecule has 0 amide bonds. The normalized spacial score (nSPS) is 10.1. The van der Waals surface area contributed by atoms with E-state index in [-0.39, 0.29) is 0 Å². The first-order valence-electron chi connectivity index (χ1n) is 5.78. The third kappa shape index (κ3) is 5.91. The van der Waals surface area contributed by atoms with Crippen LogP contribution in [0.4, 0.5) is 0 Å². The largest absolute Gasteiger partial charge is 0.494 e. The van der Waals surface area contributed by atoms with Crippen LogP contribution in [-0.2, 0) is 11.2 Å². The molecule has 0 heterocycles. The molecular weight excluding hydrogens is 214 g/mol. The molecule has 3 heteroatoms. The fourth-order valence-electron chi connectivity index (χ4n) is 1.49. The van der Waals surface area contributed by atoms with Crippen molar-refractivity contribution < 1.29 is 9.53 Å². The highest BCUT2D eigenvalue weighted by Crippen LogP contribution is 2.14. The molecule has 0 fully saturated rings. The summed E-state index contributed by atoms with van der Waals surface area (Å²) < 4.78 is 5.64. The molecule has 0 aromatic heterocycles. The minimum atomic E-state index is 0.610. The lowest BCUT2D eigenvalue weighted by molar-refractivity contribution is 0.281. The first kappa shape index (κ1) is 13.5. The Labute approximate surface area is 103 Å². The van der Waals surface area contributed by atoms with Gasteiger partial charge < -0.3 is 9.64 Å². The molecular formula is C14H19NO2. The van der Waals surface area contributed by atoms with Gasteiger partial charge in [-0.25, -0.2) is 4.79 Å². The van der Waals surface area contributed by atoms with Crippen molar-refractivity contribution in [3.8, 4) is 5.75 Å². The maximum atomic E-state index is 10.1. The van der Waals surface area contributed by atoms with Crippen LogP contribution in [0.3, 0.4) is 0 Å². The molecule has 0 spiro atoms. The Morgan fingerprint density at radius 2 is 2.24 bits per heavy atom. The number of nitrogens with zero attached hydrogens (tertiary/aromatic N) is 1. The van der Waals surface area contributed by atoms with E-state index in [2.05, 4.69) is 4.90 Å². The lowest BCUT2D eigenvalue weighted by atomic mass is 10.1. The molecule has 1 rings (SSSR count). The number of ether oxygens (including phenoxy) is 1. The first-order chi connectivity index (χ1) is 8.22. The maximum absolute atomic E-state index is 10.1. The third-order valence-electron chi connectivity index (χ3n) is 2.34. The van der Waals surface area contributed by atoms with Crippen molar-refractivity contribution in [1.29, 1.82) is 0 Å². The summed E-state index contributed by atoms with van der Waals surface area (Å²) in [6.07, 6.45) is 3.09. The average molecular weight is 233 g/mol. The highest BCUT2D eigenvalue weighted by molar-refractivity contribution is 5.46. The minimum Gasteiger partial charge on any atom is -0.494 e. The van der Waals surface area contributed by atoms with Crippen molar-refractivity contribution in [2.75, 3.05) is 27.2 Å². The Kier molecular flexibility index (Phi) is 6.08. The smallest absolute Gasteiger partial charge is 0.120 e. The van der Waals surface area contributed by atoms with Crippen molar-refractivity contribution in [2.24, 2.45) is 0 Å². The highest BCUT2D eigenvalue weighted by atomic mass is 16.5. The number of hydrogen-bond donors (Lipinski definition) is 0. The van der Waals surface area contributed by atoms with Gasteiger partial charge in [-0.15, -0.1) is 0 Å². The number of rotatable bonds is 7. The van der Waals surface area contributed by atoms with Gasteiger partial charge in [0, 0.05) is 19.0 Å². The second kappa shape index (κ2) is 7.66. The molecule has 1 aromatic rings. The second-order valence-electron chi connectivity index (χ2n) is 4.18. The molecule has 0 saturated carbocycles. The molecule has 0 aliphatic rings. The Bertz CT molecular complexity index is 382. The Hall–Kier alpha value is -1.57. The van der Waals surface area contributed by atoms with Crippen LogP contribution >= 0.6 is 0 Å². The van der Waals surface area contributed by atoms with Gasteiger partial charge in [-0.3, -0.25) is 0 Å². The van der Waals surface area contributed by atoms with Crippen LogP contribution in [0.5, 0.6) is 5.75 Å². The molecule has 0 aliphatic carbocycles. The van der Waals surface area contributed by atoms with Gasteiger partial charge in [0.25, 0.3) is 0 Å². The van der Waals surface area contributed by atoms with Crippen LogP contribution in [0.1, 0.15) is 12.0 Å². The summed E-state index contributed by atoms with van der Waals surface area (Å²) in [5.41, 5.74) is 1.07. The summed E-state index contributed by atoms with van der Waals surface area (Å²) in [5.74, 6) is 2.64. The van der Waals surface area contributed by atoms with E-state index in [1.807, 2.05) is 38.4 Å². The van der Waals surface area contributed by atoms with E-state index in [0.29, 0.717) is 13.0 Å². The predicted octanol–water partition coefficient (Wildman–Crippen LogP) is 1.95. The predicted molar refractivity (Wildman–Crippen MR) is 69.1 cm³/mol. The summed E-state index contributed by atoms with van der Waals surface area (Å²) in [4.78, 5) is 12.3. The van der Waals surface area contributed by atoms with Gasteiger partial charge in [0.2, 0.25) is 0 Å². The zero-order chi connectivity index (χ0) is 12.5. The van der Waals surface area contributed by atoms with Crippen molar-refractivity contribution >= 4 is 5.94 Å². The standard InChI is InChI=1S/C14H19NO2/c1-15(2)9-5-11-17-14-8-3-6-13(12-14)7-4-10-16/h3-4,6,8,12H,5,7,9,11H2,1-2H3. The molecule has 0 radical (unpaired) electrons. The Morgan fingerprint density at radius 3 is 2.94 bits per heavy atom. The SMILES string of the molecule is CN(C)CCCOc1cccc(CC=C=O)c1. The van der Waals surface area contributed by atoms with Gasteiger partial charge in [0.05, 0.1) is 6.61 Å². The first-order valence-corrected chi connectivity index (χ1v) is 5.78. The van der Waals surface area contributed by atoms with E-state index < -0.39 is 0 Å². The van der Waals surface area contributed by atoms with Gasteiger partial charge in [-0.2, -0.15) is 0 Å². The van der Waals surface area contributed by atoms with E-state index in [0.717, 1.165) is 24.3 Å². The molecule has 0 unspecified atom stereocenters. The monoisotopic (exact) mass is 233 g/mol. The van der Waals surface area contributed by atoms with Crippen LogP contribution in [0.25, 0.3) is 0 Å².